The van der Waals surface area contributed by atoms with Crippen molar-refractivity contribution in [3.63, 3.8) is 0 Å². The molecular weight excluding hydrogens is 395 g/mol. The van der Waals surface area contributed by atoms with Gasteiger partial charge in [0.1, 0.15) is 0 Å². The summed E-state index contributed by atoms with van der Waals surface area (Å²) in [4.78, 5) is 13.2. The molecule has 1 atom stereocenters. The van der Waals surface area contributed by atoms with E-state index in [9.17, 15) is 9.90 Å². The smallest absolute Gasteiger partial charge is 0.163 e. The number of rotatable bonds is 2. The third-order valence-corrected chi connectivity index (χ3v) is 5.94. The van der Waals surface area contributed by atoms with Gasteiger partial charge in [0.2, 0.25) is 0 Å². The predicted octanol–water partition coefficient (Wildman–Crippen LogP) is 5.71. The van der Waals surface area contributed by atoms with Gasteiger partial charge in [-0.15, -0.1) is 0 Å². The molecule has 0 spiro atoms. The first-order chi connectivity index (χ1) is 13.3. The van der Waals surface area contributed by atoms with E-state index in [1.165, 1.54) is 0 Å². The first-order valence-corrected chi connectivity index (χ1v) is 10.0. The second kappa shape index (κ2) is 7.11. The van der Waals surface area contributed by atoms with Crippen LogP contribution in [0.1, 0.15) is 43.9 Å². The van der Waals surface area contributed by atoms with Crippen LogP contribution in [-0.2, 0) is 11.4 Å². The second-order valence-corrected chi connectivity index (χ2v) is 9.04. The normalized spacial score (nSPS) is 20.6. The molecule has 28 heavy (non-hydrogen) atoms. The molecule has 2 aliphatic rings. The lowest BCUT2D eigenvalue weighted by Crippen LogP contribution is -2.31. The number of carbonyl (C=O) groups is 1. The van der Waals surface area contributed by atoms with Crippen molar-refractivity contribution in [2.75, 3.05) is 10.6 Å². The highest BCUT2D eigenvalue weighted by molar-refractivity contribution is 6.35. The van der Waals surface area contributed by atoms with E-state index in [0.29, 0.717) is 22.0 Å². The third-order valence-electron chi connectivity index (χ3n) is 5.38. The number of benzene rings is 2. The molecule has 4 rings (SSSR count). The molecule has 0 saturated heterocycles. The standard InChI is InChI=1S/C22H22Cl2N2O2/c1-22(2)9-17-19(18(28)10-22)21(14-7-6-13(23)8-15(14)24)26-20-12(11-27)4-3-5-16(20)25-17/h3-8,21,25-27H,9-11H2,1-2H3. The van der Waals surface area contributed by atoms with Crippen molar-refractivity contribution in [3.8, 4) is 0 Å². The molecule has 0 saturated carbocycles. The summed E-state index contributed by atoms with van der Waals surface area (Å²) in [7, 11) is 0. The van der Waals surface area contributed by atoms with E-state index >= 15 is 0 Å². The zero-order valence-corrected chi connectivity index (χ0v) is 17.3. The predicted molar refractivity (Wildman–Crippen MR) is 114 cm³/mol. The molecule has 3 N–H and O–H groups in total. The number of ketones is 1. The minimum absolute atomic E-state index is 0.0978. The van der Waals surface area contributed by atoms with E-state index < -0.39 is 6.04 Å². The fraction of sp³-hybridized carbons (Fsp3) is 0.318. The zero-order valence-electron chi connectivity index (χ0n) is 15.8. The number of carbonyl (C=O) groups excluding carboxylic acids is 1. The van der Waals surface area contributed by atoms with E-state index in [0.717, 1.165) is 34.6 Å². The highest BCUT2D eigenvalue weighted by Crippen LogP contribution is 2.47. The fourth-order valence-electron chi connectivity index (χ4n) is 4.14. The minimum atomic E-state index is -0.426. The summed E-state index contributed by atoms with van der Waals surface area (Å²) in [6.45, 7) is 4.09. The van der Waals surface area contributed by atoms with Crippen LogP contribution in [0.15, 0.2) is 47.7 Å². The molecule has 2 aromatic rings. The van der Waals surface area contributed by atoms with Gasteiger partial charge in [0.05, 0.1) is 24.0 Å². The molecule has 4 nitrogen and oxygen atoms in total. The lowest BCUT2D eigenvalue weighted by Gasteiger charge is -2.34. The van der Waals surface area contributed by atoms with Crippen LogP contribution in [0.2, 0.25) is 10.0 Å². The van der Waals surface area contributed by atoms with Crippen LogP contribution in [-0.4, -0.2) is 10.9 Å². The Kier molecular flexibility index (Phi) is 4.90. The Morgan fingerprint density at radius 1 is 1.18 bits per heavy atom. The van der Waals surface area contributed by atoms with Gasteiger partial charge in [0.25, 0.3) is 0 Å². The number of para-hydroxylation sites is 1. The van der Waals surface area contributed by atoms with Gasteiger partial charge in [-0.05, 0) is 35.6 Å². The van der Waals surface area contributed by atoms with Gasteiger partial charge in [-0.25, -0.2) is 0 Å². The van der Waals surface area contributed by atoms with Crippen molar-refractivity contribution in [3.05, 3.63) is 68.8 Å². The van der Waals surface area contributed by atoms with Gasteiger partial charge in [-0.1, -0.05) is 55.2 Å². The number of allylic oxidation sites excluding steroid dienone is 1. The van der Waals surface area contributed by atoms with Crippen LogP contribution in [0.5, 0.6) is 0 Å². The molecule has 1 aliphatic carbocycles. The van der Waals surface area contributed by atoms with Crippen LogP contribution in [0, 0.1) is 5.41 Å². The van der Waals surface area contributed by atoms with Crippen molar-refractivity contribution in [1.82, 2.24) is 0 Å². The number of halogens is 2. The number of Topliss-reactive ketones (excluding diaryl/α,β-unsaturated/α-hetero) is 1. The first-order valence-electron chi connectivity index (χ1n) is 9.26. The van der Waals surface area contributed by atoms with E-state index in [1.54, 1.807) is 12.1 Å². The maximum atomic E-state index is 13.2. The van der Waals surface area contributed by atoms with Gasteiger partial charge in [0.15, 0.2) is 5.78 Å². The average molecular weight is 417 g/mol. The molecule has 0 fully saturated rings. The Balaban J connectivity index is 1.94. The largest absolute Gasteiger partial charge is 0.392 e. The number of nitrogens with one attached hydrogen (secondary N) is 2. The molecule has 0 amide bonds. The van der Waals surface area contributed by atoms with Gasteiger partial charge in [0, 0.05) is 33.3 Å². The van der Waals surface area contributed by atoms with Crippen LogP contribution < -0.4 is 10.6 Å². The molecule has 1 heterocycles. The van der Waals surface area contributed by atoms with E-state index in [-0.39, 0.29) is 17.8 Å². The van der Waals surface area contributed by atoms with Crippen molar-refractivity contribution in [1.29, 1.82) is 0 Å². The second-order valence-electron chi connectivity index (χ2n) is 8.20. The number of aliphatic hydroxyl groups excluding tert-OH is 1. The van der Waals surface area contributed by atoms with Gasteiger partial charge < -0.3 is 15.7 Å². The average Bonchev–Trinajstić information content (AvgIpc) is 2.76. The maximum absolute atomic E-state index is 13.2. The van der Waals surface area contributed by atoms with Crippen molar-refractivity contribution in [2.45, 2.75) is 39.3 Å². The third kappa shape index (κ3) is 3.41. The molecule has 1 aliphatic heterocycles. The highest BCUT2D eigenvalue weighted by Gasteiger charge is 2.39. The summed E-state index contributed by atoms with van der Waals surface area (Å²) in [5.41, 5.74) is 4.64. The monoisotopic (exact) mass is 416 g/mol. The number of hydrogen-bond donors (Lipinski definition) is 3. The van der Waals surface area contributed by atoms with Crippen LogP contribution in [0.4, 0.5) is 11.4 Å². The Bertz CT molecular complexity index is 998. The quantitative estimate of drug-likeness (QED) is 0.586. The Morgan fingerprint density at radius 2 is 1.96 bits per heavy atom. The molecule has 0 radical (unpaired) electrons. The van der Waals surface area contributed by atoms with Crippen LogP contribution >= 0.6 is 23.2 Å². The summed E-state index contributed by atoms with van der Waals surface area (Å²) in [6.07, 6.45) is 1.22. The summed E-state index contributed by atoms with van der Waals surface area (Å²) >= 11 is 12.6. The fourth-order valence-corrected chi connectivity index (χ4v) is 4.65. The molecule has 6 heteroatoms. The zero-order chi connectivity index (χ0) is 20.1. The molecule has 2 aromatic carbocycles. The summed E-state index contributed by atoms with van der Waals surface area (Å²) < 4.78 is 0. The summed E-state index contributed by atoms with van der Waals surface area (Å²) in [5, 5.41) is 17.8. The molecule has 1 unspecified atom stereocenters. The van der Waals surface area contributed by atoms with Gasteiger partial charge in [-0.3, -0.25) is 4.79 Å². The molecule has 0 bridgehead atoms. The van der Waals surface area contributed by atoms with Gasteiger partial charge in [-0.2, -0.15) is 0 Å². The van der Waals surface area contributed by atoms with E-state index in [4.69, 9.17) is 23.2 Å². The highest BCUT2D eigenvalue weighted by atomic mass is 35.5. The number of fused-ring (bicyclic) bond motifs is 1. The van der Waals surface area contributed by atoms with Crippen molar-refractivity contribution >= 4 is 40.4 Å². The summed E-state index contributed by atoms with van der Waals surface area (Å²) in [6, 6.07) is 10.6. The first kappa shape index (κ1) is 19.3. The molecule has 146 valence electrons. The Labute approximate surface area is 174 Å². The lowest BCUT2D eigenvalue weighted by molar-refractivity contribution is -0.118. The van der Waals surface area contributed by atoms with Crippen LogP contribution in [0.25, 0.3) is 0 Å². The topological polar surface area (TPSA) is 61.4 Å². The maximum Gasteiger partial charge on any atom is 0.163 e. The van der Waals surface area contributed by atoms with E-state index in [2.05, 4.69) is 24.5 Å². The van der Waals surface area contributed by atoms with E-state index in [1.807, 2.05) is 24.3 Å². The molecular formula is C22H22Cl2N2O2. The summed E-state index contributed by atoms with van der Waals surface area (Å²) in [5.74, 6) is 0.0978. The van der Waals surface area contributed by atoms with Gasteiger partial charge >= 0.3 is 0 Å². The minimum Gasteiger partial charge on any atom is -0.392 e. The number of hydrogen-bond acceptors (Lipinski definition) is 4. The van der Waals surface area contributed by atoms with Crippen molar-refractivity contribution in [2.24, 2.45) is 5.41 Å². The van der Waals surface area contributed by atoms with Crippen molar-refractivity contribution < 1.29 is 9.90 Å². The lowest BCUT2D eigenvalue weighted by atomic mass is 9.73. The SMILES string of the molecule is CC1(C)CC(=O)C2=C(C1)Nc1cccc(CO)c1NC2c1ccc(Cl)cc1Cl. The number of aliphatic hydroxyl groups is 1. The molecule has 0 aromatic heterocycles. The number of anilines is 2. The Morgan fingerprint density at radius 3 is 2.68 bits per heavy atom. The van der Waals surface area contributed by atoms with Crippen LogP contribution in [0.3, 0.4) is 0 Å². The Hall–Kier alpha value is -2.01.